The highest BCUT2D eigenvalue weighted by Gasteiger charge is 2.05. The molecule has 0 unspecified atom stereocenters. The molecule has 21 heavy (non-hydrogen) atoms. The number of carbonyl (C=O) groups is 1. The van der Waals surface area contributed by atoms with E-state index in [-0.39, 0.29) is 5.91 Å². The van der Waals surface area contributed by atoms with Crippen LogP contribution in [0.15, 0.2) is 48.5 Å². The standard InChI is InChI=1S/C18H22N2O/c1-13(2)16-7-5-15(6-8-16)12-20-18(21)17-9-3-14(11-19)4-10-17/h3-10,13H,11-12,19H2,1-2H3,(H,20,21). The summed E-state index contributed by atoms with van der Waals surface area (Å²) in [4.78, 5) is 12.1. The lowest BCUT2D eigenvalue weighted by atomic mass is 10.0. The molecule has 0 aliphatic carbocycles. The van der Waals surface area contributed by atoms with Crippen molar-refractivity contribution >= 4 is 5.91 Å². The first-order valence-corrected chi connectivity index (χ1v) is 7.26. The van der Waals surface area contributed by atoms with Gasteiger partial charge in [0.15, 0.2) is 0 Å². The van der Waals surface area contributed by atoms with Gasteiger partial charge in [-0.25, -0.2) is 0 Å². The third-order valence-electron chi connectivity index (χ3n) is 3.55. The van der Waals surface area contributed by atoms with Crippen LogP contribution in [0.1, 0.15) is 46.8 Å². The second-order valence-corrected chi connectivity index (χ2v) is 5.48. The van der Waals surface area contributed by atoms with Crippen LogP contribution in [0.5, 0.6) is 0 Å². The minimum absolute atomic E-state index is 0.0634. The molecular formula is C18H22N2O. The van der Waals surface area contributed by atoms with E-state index in [9.17, 15) is 4.79 Å². The summed E-state index contributed by atoms with van der Waals surface area (Å²) in [6, 6.07) is 15.7. The molecular weight excluding hydrogens is 260 g/mol. The molecule has 0 aliphatic rings. The summed E-state index contributed by atoms with van der Waals surface area (Å²) in [7, 11) is 0. The van der Waals surface area contributed by atoms with Crippen LogP contribution >= 0.6 is 0 Å². The number of amides is 1. The molecule has 0 heterocycles. The third kappa shape index (κ3) is 4.17. The summed E-state index contributed by atoms with van der Waals surface area (Å²) < 4.78 is 0. The number of nitrogens with two attached hydrogens (primary N) is 1. The molecule has 1 amide bonds. The lowest BCUT2D eigenvalue weighted by Gasteiger charge is -2.08. The molecule has 0 atom stereocenters. The highest BCUT2D eigenvalue weighted by molar-refractivity contribution is 5.94. The molecule has 3 N–H and O–H groups in total. The van der Waals surface area contributed by atoms with Crippen LogP contribution in [0.25, 0.3) is 0 Å². The molecule has 110 valence electrons. The Bertz CT molecular complexity index is 586. The first-order chi connectivity index (χ1) is 10.1. The number of hydrogen-bond donors (Lipinski definition) is 2. The molecule has 0 spiro atoms. The second kappa shape index (κ2) is 7.04. The highest BCUT2D eigenvalue weighted by Crippen LogP contribution is 2.14. The van der Waals surface area contributed by atoms with Gasteiger partial charge in [-0.3, -0.25) is 4.79 Å². The molecule has 0 aliphatic heterocycles. The van der Waals surface area contributed by atoms with Crippen molar-refractivity contribution in [3.63, 3.8) is 0 Å². The van der Waals surface area contributed by atoms with E-state index >= 15 is 0 Å². The zero-order valence-corrected chi connectivity index (χ0v) is 12.6. The SMILES string of the molecule is CC(C)c1ccc(CNC(=O)c2ccc(CN)cc2)cc1. The zero-order chi connectivity index (χ0) is 15.2. The number of benzene rings is 2. The minimum atomic E-state index is -0.0634. The van der Waals surface area contributed by atoms with E-state index in [0.717, 1.165) is 11.1 Å². The van der Waals surface area contributed by atoms with Crippen LogP contribution in [0.4, 0.5) is 0 Å². The normalized spacial score (nSPS) is 10.7. The molecule has 0 saturated carbocycles. The van der Waals surface area contributed by atoms with Gasteiger partial charge in [0.05, 0.1) is 0 Å². The lowest BCUT2D eigenvalue weighted by Crippen LogP contribution is -2.22. The summed E-state index contributed by atoms with van der Waals surface area (Å²) in [5.74, 6) is 0.459. The van der Waals surface area contributed by atoms with E-state index in [1.807, 2.05) is 12.1 Å². The molecule has 0 saturated heterocycles. The van der Waals surface area contributed by atoms with Crippen molar-refractivity contribution in [3.05, 3.63) is 70.8 Å². The van der Waals surface area contributed by atoms with E-state index in [4.69, 9.17) is 5.73 Å². The van der Waals surface area contributed by atoms with Crippen LogP contribution in [0.2, 0.25) is 0 Å². The third-order valence-corrected chi connectivity index (χ3v) is 3.55. The fourth-order valence-corrected chi connectivity index (χ4v) is 2.10. The molecule has 3 nitrogen and oxygen atoms in total. The molecule has 0 fully saturated rings. The zero-order valence-electron chi connectivity index (χ0n) is 12.6. The van der Waals surface area contributed by atoms with Gasteiger partial charge in [-0.15, -0.1) is 0 Å². The Morgan fingerprint density at radius 3 is 2.10 bits per heavy atom. The Balaban J connectivity index is 1.93. The van der Waals surface area contributed by atoms with E-state index in [2.05, 4.69) is 43.4 Å². The van der Waals surface area contributed by atoms with Gasteiger partial charge in [-0.05, 0) is 34.7 Å². The Hall–Kier alpha value is -2.13. The van der Waals surface area contributed by atoms with E-state index in [1.165, 1.54) is 5.56 Å². The first kappa shape index (κ1) is 15.3. The van der Waals surface area contributed by atoms with E-state index in [1.54, 1.807) is 12.1 Å². The Kier molecular flexibility index (Phi) is 5.12. The maximum Gasteiger partial charge on any atom is 0.251 e. The van der Waals surface area contributed by atoms with Crippen molar-refractivity contribution in [2.45, 2.75) is 32.9 Å². The van der Waals surface area contributed by atoms with Crippen molar-refractivity contribution in [1.29, 1.82) is 0 Å². The quantitative estimate of drug-likeness (QED) is 0.885. The lowest BCUT2D eigenvalue weighted by molar-refractivity contribution is 0.0951. The number of nitrogens with one attached hydrogen (secondary N) is 1. The molecule has 0 bridgehead atoms. The van der Waals surface area contributed by atoms with Crippen LogP contribution in [0.3, 0.4) is 0 Å². The number of hydrogen-bond acceptors (Lipinski definition) is 2. The molecule has 2 aromatic rings. The average Bonchev–Trinajstić information content (AvgIpc) is 2.53. The van der Waals surface area contributed by atoms with Crippen LogP contribution in [-0.4, -0.2) is 5.91 Å². The molecule has 2 aromatic carbocycles. The minimum Gasteiger partial charge on any atom is -0.348 e. The monoisotopic (exact) mass is 282 g/mol. The molecule has 0 radical (unpaired) electrons. The van der Waals surface area contributed by atoms with Crippen molar-refractivity contribution in [2.75, 3.05) is 0 Å². The van der Waals surface area contributed by atoms with Crippen molar-refractivity contribution in [1.82, 2.24) is 5.32 Å². The first-order valence-electron chi connectivity index (χ1n) is 7.26. The summed E-state index contributed by atoms with van der Waals surface area (Å²) in [5, 5.41) is 2.93. The van der Waals surface area contributed by atoms with Gasteiger partial charge in [0.2, 0.25) is 0 Å². The summed E-state index contributed by atoms with van der Waals surface area (Å²) in [6.07, 6.45) is 0. The topological polar surface area (TPSA) is 55.1 Å². The van der Waals surface area contributed by atoms with Gasteiger partial charge in [0.1, 0.15) is 0 Å². The predicted octanol–water partition coefficient (Wildman–Crippen LogP) is 3.20. The van der Waals surface area contributed by atoms with Crippen LogP contribution < -0.4 is 11.1 Å². The maximum absolute atomic E-state index is 12.1. The van der Waals surface area contributed by atoms with Gasteiger partial charge in [-0.1, -0.05) is 50.2 Å². The highest BCUT2D eigenvalue weighted by atomic mass is 16.1. The summed E-state index contributed by atoms with van der Waals surface area (Å²) in [5.41, 5.74) is 9.64. The van der Waals surface area contributed by atoms with Crippen molar-refractivity contribution in [2.24, 2.45) is 5.73 Å². The fraction of sp³-hybridized carbons (Fsp3) is 0.278. The van der Waals surface area contributed by atoms with Gasteiger partial charge in [0, 0.05) is 18.7 Å². The fourth-order valence-electron chi connectivity index (χ4n) is 2.10. The van der Waals surface area contributed by atoms with Gasteiger partial charge in [-0.2, -0.15) is 0 Å². The summed E-state index contributed by atoms with van der Waals surface area (Å²) >= 11 is 0. The summed E-state index contributed by atoms with van der Waals surface area (Å²) in [6.45, 7) is 5.36. The molecule has 2 rings (SSSR count). The van der Waals surface area contributed by atoms with Crippen LogP contribution in [0, 0.1) is 0 Å². The Morgan fingerprint density at radius 1 is 1.00 bits per heavy atom. The predicted molar refractivity (Wildman–Crippen MR) is 86.0 cm³/mol. The van der Waals surface area contributed by atoms with Gasteiger partial charge < -0.3 is 11.1 Å². The van der Waals surface area contributed by atoms with Crippen molar-refractivity contribution in [3.8, 4) is 0 Å². The Morgan fingerprint density at radius 2 is 1.57 bits per heavy atom. The van der Waals surface area contributed by atoms with Crippen LogP contribution in [-0.2, 0) is 13.1 Å². The maximum atomic E-state index is 12.1. The van der Waals surface area contributed by atoms with Gasteiger partial charge in [0.25, 0.3) is 5.91 Å². The number of rotatable bonds is 5. The Labute approximate surface area is 126 Å². The second-order valence-electron chi connectivity index (χ2n) is 5.48. The molecule has 0 aromatic heterocycles. The van der Waals surface area contributed by atoms with Crippen molar-refractivity contribution < 1.29 is 4.79 Å². The van der Waals surface area contributed by atoms with E-state index in [0.29, 0.717) is 24.6 Å². The average molecular weight is 282 g/mol. The van der Waals surface area contributed by atoms with E-state index < -0.39 is 0 Å². The smallest absolute Gasteiger partial charge is 0.251 e. The number of carbonyl (C=O) groups excluding carboxylic acids is 1. The largest absolute Gasteiger partial charge is 0.348 e. The van der Waals surface area contributed by atoms with Gasteiger partial charge >= 0.3 is 0 Å². The molecule has 3 heteroatoms.